The molecule has 2 aromatic rings. The molecule has 1 amide bonds. The molecule has 0 aliphatic heterocycles. The third-order valence-electron chi connectivity index (χ3n) is 4.25. The second-order valence-corrected chi connectivity index (χ2v) is 6.22. The van der Waals surface area contributed by atoms with Crippen LogP contribution in [-0.2, 0) is 0 Å². The van der Waals surface area contributed by atoms with Crippen molar-refractivity contribution in [2.75, 3.05) is 18.5 Å². The van der Waals surface area contributed by atoms with Crippen molar-refractivity contribution in [1.82, 2.24) is 5.32 Å². The molecule has 2 aromatic carbocycles. The van der Waals surface area contributed by atoms with Crippen LogP contribution in [0.1, 0.15) is 45.6 Å². The lowest BCUT2D eigenvalue weighted by atomic mass is 9.96. The van der Waals surface area contributed by atoms with Gasteiger partial charge in [-0.2, -0.15) is 0 Å². The topological polar surface area (TPSA) is 61.4 Å². The number of carbonyl (C=O) groups is 1. The molecule has 2 rings (SSSR count). The lowest BCUT2D eigenvalue weighted by Gasteiger charge is -2.20. The number of carbonyl (C=O) groups excluding carboxylic acids is 1. The van der Waals surface area contributed by atoms with Gasteiger partial charge in [-0.1, -0.05) is 18.2 Å². The fourth-order valence-electron chi connectivity index (χ4n) is 2.80. The Kier molecular flexibility index (Phi) is 5.99. The summed E-state index contributed by atoms with van der Waals surface area (Å²) in [5.41, 5.74) is 6.57. The van der Waals surface area contributed by atoms with Crippen LogP contribution >= 0.6 is 0 Å². The molecule has 0 spiro atoms. The molecule has 0 aliphatic rings. The average molecular weight is 326 g/mol. The van der Waals surface area contributed by atoms with Gasteiger partial charge in [-0.15, -0.1) is 0 Å². The number of rotatable bonds is 6. The van der Waals surface area contributed by atoms with Crippen LogP contribution < -0.4 is 10.6 Å². The first-order valence-electron chi connectivity index (χ1n) is 8.25. The van der Waals surface area contributed by atoms with Crippen molar-refractivity contribution >= 4 is 11.6 Å². The summed E-state index contributed by atoms with van der Waals surface area (Å²) in [6.07, 6.45) is 0. The molecule has 3 N–H and O–H groups in total. The maximum absolute atomic E-state index is 12.0. The molecule has 0 aliphatic carbocycles. The van der Waals surface area contributed by atoms with Crippen LogP contribution in [0.15, 0.2) is 36.4 Å². The first-order valence-corrected chi connectivity index (χ1v) is 8.25. The number of aliphatic hydroxyl groups is 1. The van der Waals surface area contributed by atoms with E-state index in [1.807, 2.05) is 18.2 Å². The Morgan fingerprint density at radius 2 is 1.79 bits per heavy atom. The molecule has 128 valence electrons. The van der Waals surface area contributed by atoms with Gasteiger partial charge in [-0.3, -0.25) is 4.79 Å². The predicted molar refractivity (Wildman–Crippen MR) is 98.6 cm³/mol. The monoisotopic (exact) mass is 326 g/mol. The number of benzene rings is 2. The predicted octanol–water partition coefficient (Wildman–Crippen LogP) is 3.51. The van der Waals surface area contributed by atoms with Gasteiger partial charge in [0.15, 0.2) is 0 Å². The molecular formula is C20H26N2O2. The minimum Gasteiger partial charge on any atom is -0.395 e. The largest absolute Gasteiger partial charge is 0.395 e. The summed E-state index contributed by atoms with van der Waals surface area (Å²) in [7, 11) is 0. The Hall–Kier alpha value is -2.33. The van der Waals surface area contributed by atoms with Gasteiger partial charge in [0.2, 0.25) is 0 Å². The van der Waals surface area contributed by atoms with E-state index in [4.69, 9.17) is 5.11 Å². The zero-order chi connectivity index (χ0) is 17.7. The standard InChI is InChI=1S/C20H26N2O2/c1-13-10-15(3)19(11-14(13)2)16(4)22-18-7-5-6-17(12-18)20(24)21-8-9-23/h5-7,10-12,16,22-23H,8-9H2,1-4H3,(H,21,24). The third-order valence-corrected chi connectivity index (χ3v) is 4.25. The Balaban J connectivity index is 2.16. The molecule has 1 atom stereocenters. The van der Waals surface area contributed by atoms with E-state index in [-0.39, 0.29) is 25.1 Å². The van der Waals surface area contributed by atoms with E-state index in [9.17, 15) is 4.79 Å². The van der Waals surface area contributed by atoms with Crippen molar-refractivity contribution in [3.8, 4) is 0 Å². The van der Waals surface area contributed by atoms with Crippen molar-refractivity contribution in [1.29, 1.82) is 0 Å². The maximum atomic E-state index is 12.0. The van der Waals surface area contributed by atoms with Crippen LogP contribution in [0.3, 0.4) is 0 Å². The second-order valence-electron chi connectivity index (χ2n) is 6.22. The highest BCUT2D eigenvalue weighted by molar-refractivity contribution is 5.95. The van der Waals surface area contributed by atoms with Gasteiger partial charge >= 0.3 is 0 Å². The van der Waals surface area contributed by atoms with E-state index < -0.39 is 0 Å². The second kappa shape index (κ2) is 7.97. The Labute approximate surface area is 143 Å². The van der Waals surface area contributed by atoms with Crippen molar-refractivity contribution < 1.29 is 9.90 Å². The lowest BCUT2D eigenvalue weighted by Crippen LogP contribution is -2.26. The number of aryl methyl sites for hydroxylation is 3. The first-order chi connectivity index (χ1) is 11.4. The van der Waals surface area contributed by atoms with E-state index >= 15 is 0 Å². The van der Waals surface area contributed by atoms with Gasteiger partial charge in [-0.25, -0.2) is 0 Å². The van der Waals surface area contributed by atoms with Crippen LogP contribution in [0.2, 0.25) is 0 Å². The normalized spacial score (nSPS) is 11.9. The highest BCUT2D eigenvalue weighted by Crippen LogP contribution is 2.25. The smallest absolute Gasteiger partial charge is 0.251 e. The lowest BCUT2D eigenvalue weighted by molar-refractivity contribution is 0.0945. The van der Waals surface area contributed by atoms with Gasteiger partial charge < -0.3 is 15.7 Å². The molecule has 1 unspecified atom stereocenters. The van der Waals surface area contributed by atoms with Gasteiger partial charge in [0, 0.05) is 23.8 Å². The van der Waals surface area contributed by atoms with E-state index in [0.29, 0.717) is 5.56 Å². The van der Waals surface area contributed by atoms with Gasteiger partial charge in [0.05, 0.1) is 6.61 Å². The molecule has 24 heavy (non-hydrogen) atoms. The van der Waals surface area contributed by atoms with Crippen LogP contribution in [0, 0.1) is 20.8 Å². The Morgan fingerprint density at radius 1 is 1.08 bits per heavy atom. The fourth-order valence-corrected chi connectivity index (χ4v) is 2.80. The molecule has 0 saturated carbocycles. The molecule has 0 bridgehead atoms. The number of amides is 1. The van der Waals surface area contributed by atoms with Crippen LogP contribution in [-0.4, -0.2) is 24.2 Å². The fraction of sp³-hybridized carbons (Fsp3) is 0.350. The van der Waals surface area contributed by atoms with Gasteiger partial charge in [0.25, 0.3) is 5.91 Å². The Bertz CT molecular complexity index is 726. The number of aliphatic hydroxyl groups excluding tert-OH is 1. The first kappa shape index (κ1) is 18.0. The number of anilines is 1. The summed E-state index contributed by atoms with van der Waals surface area (Å²) in [6.45, 7) is 8.69. The molecular weight excluding hydrogens is 300 g/mol. The third kappa shape index (κ3) is 4.36. The minimum atomic E-state index is -0.178. The molecule has 0 fully saturated rings. The highest BCUT2D eigenvalue weighted by Gasteiger charge is 2.11. The van der Waals surface area contributed by atoms with Gasteiger partial charge in [0.1, 0.15) is 0 Å². The van der Waals surface area contributed by atoms with E-state index in [0.717, 1.165) is 5.69 Å². The molecule has 0 saturated heterocycles. The zero-order valence-electron chi connectivity index (χ0n) is 14.8. The molecule has 0 heterocycles. The van der Waals surface area contributed by atoms with Crippen molar-refractivity contribution in [3.63, 3.8) is 0 Å². The van der Waals surface area contributed by atoms with E-state index in [1.54, 1.807) is 6.07 Å². The number of hydrogen-bond acceptors (Lipinski definition) is 3. The van der Waals surface area contributed by atoms with E-state index in [1.165, 1.54) is 22.3 Å². The van der Waals surface area contributed by atoms with Crippen LogP contribution in [0.25, 0.3) is 0 Å². The summed E-state index contributed by atoms with van der Waals surface area (Å²) < 4.78 is 0. The molecule has 4 heteroatoms. The summed E-state index contributed by atoms with van der Waals surface area (Å²) >= 11 is 0. The van der Waals surface area contributed by atoms with Crippen molar-refractivity contribution in [2.45, 2.75) is 33.7 Å². The summed E-state index contributed by atoms with van der Waals surface area (Å²) in [5, 5.41) is 14.9. The molecule has 0 radical (unpaired) electrons. The van der Waals surface area contributed by atoms with Crippen molar-refractivity contribution in [3.05, 3.63) is 64.2 Å². The summed E-state index contributed by atoms with van der Waals surface area (Å²) in [4.78, 5) is 12.0. The van der Waals surface area contributed by atoms with E-state index in [2.05, 4.69) is 50.5 Å². The summed E-state index contributed by atoms with van der Waals surface area (Å²) in [6, 6.07) is 12.0. The minimum absolute atomic E-state index is 0.0627. The zero-order valence-corrected chi connectivity index (χ0v) is 14.8. The number of nitrogens with one attached hydrogen (secondary N) is 2. The SMILES string of the molecule is Cc1cc(C)c(C(C)Nc2cccc(C(=O)NCCO)c2)cc1C. The van der Waals surface area contributed by atoms with Crippen molar-refractivity contribution in [2.24, 2.45) is 0 Å². The molecule has 4 nitrogen and oxygen atoms in total. The van der Waals surface area contributed by atoms with Crippen LogP contribution in [0.5, 0.6) is 0 Å². The average Bonchev–Trinajstić information content (AvgIpc) is 2.56. The quantitative estimate of drug-likeness (QED) is 0.761. The highest BCUT2D eigenvalue weighted by atomic mass is 16.3. The van der Waals surface area contributed by atoms with Crippen LogP contribution in [0.4, 0.5) is 5.69 Å². The molecule has 0 aromatic heterocycles. The Morgan fingerprint density at radius 3 is 2.50 bits per heavy atom. The summed E-state index contributed by atoms with van der Waals surface area (Å²) in [5.74, 6) is -0.178. The van der Waals surface area contributed by atoms with Gasteiger partial charge in [-0.05, 0) is 68.1 Å². The maximum Gasteiger partial charge on any atom is 0.251 e. The number of hydrogen-bond donors (Lipinski definition) is 3.